The van der Waals surface area contributed by atoms with Crippen LogP contribution in [0.1, 0.15) is 44.3 Å². The predicted molar refractivity (Wildman–Crippen MR) is 120 cm³/mol. The minimum Gasteiger partial charge on any atom is -0.435 e. The number of aromatic nitrogens is 3. The van der Waals surface area contributed by atoms with Crippen molar-refractivity contribution in [2.24, 2.45) is 5.73 Å². The van der Waals surface area contributed by atoms with Crippen molar-refractivity contribution in [3.05, 3.63) is 71.3 Å². The minimum absolute atomic E-state index is 0.0939. The lowest BCUT2D eigenvalue weighted by Gasteiger charge is -2.20. The number of hydrogen-bond donors (Lipinski definition) is 2. The van der Waals surface area contributed by atoms with Gasteiger partial charge in [0.2, 0.25) is 0 Å². The fourth-order valence-electron chi connectivity index (χ4n) is 4.01. The predicted octanol–water partition coefficient (Wildman–Crippen LogP) is 3.13. The first kappa shape index (κ1) is 23.0. The Hall–Kier alpha value is -4.15. The third-order valence-corrected chi connectivity index (χ3v) is 5.58. The number of carbonyl (C=O) groups is 2. The second kappa shape index (κ2) is 9.77. The van der Waals surface area contributed by atoms with Crippen molar-refractivity contribution in [2.45, 2.75) is 25.9 Å². The quantitative estimate of drug-likeness (QED) is 0.546. The van der Waals surface area contributed by atoms with E-state index < -0.39 is 18.4 Å². The van der Waals surface area contributed by atoms with E-state index in [0.29, 0.717) is 24.5 Å². The summed E-state index contributed by atoms with van der Waals surface area (Å²) in [6.07, 6.45) is 5.00. The second-order valence-corrected chi connectivity index (χ2v) is 7.81. The fourth-order valence-corrected chi connectivity index (χ4v) is 4.01. The number of amides is 2. The molecule has 3 aromatic rings. The molecule has 3 heterocycles. The number of aryl methyl sites for hydroxylation is 1. The van der Waals surface area contributed by atoms with Gasteiger partial charge in [-0.2, -0.15) is 8.78 Å². The van der Waals surface area contributed by atoms with Gasteiger partial charge >= 0.3 is 6.61 Å². The van der Waals surface area contributed by atoms with Gasteiger partial charge in [0.25, 0.3) is 11.8 Å². The Morgan fingerprint density at radius 2 is 1.94 bits per heavy atom. The molecule has 2 aromatic heterocycles. The van der Waals surface area contributed by atoms with Crippen molar-refractivity contribution in [3.63, 3.8) is 0 Å². The molecule has 4 rings (SSSR count). The Bertz CT molecular complexity index is 1220. The van der Waals surface area contributed by atoms with Gasteiger partial charge in [0.05, 0.1) is 0 Å². The number of halogens is 2. The monoisotopic (exact) mass is 468 g/mol. The number of rotatable bonds is 7. The summed E-state index contributed by atoms with van der Waals surface area (Å²) in [4.78, 5) is 38.8. The lowest BCUT2D eigenvalue weighted by molar-refractivity contribution is -0.0498. The summed E-state index contributed by atoms with van der Waals surface area (Å²) in [5, 5.41) is 2.61. The van der Waals surface area contributed by atoms with Crippen LogP contribution >= 0.6 is 0 Å². The number of carbonyl (C=O) groups excluding carboxylic acids is 2. The molecule has 9 nitrogen and oxygen atoms in total. The zero-order valence-electron chi connectivity index (χ0n) is 18.2. The molecular weight excluding hydrogens is 446 g/mol. The van der Waals surface area contributed by atoms with E-state index in [0.717, 1.165) is 17.5 Å². The Morgan fingerprint density at radius 3 is 2.71 bits per heavy atom. The van der Waals surface area contributed by atoms with Gasteiger partial charge in [-0.15, -0.1) is 0 Å². The second-order valence-electron chi connectivity index (χ2n) is 7.81. The highest BCUT2D eigenvalue weighted by atomic mass is 19.3. The Kier molecular flexibility index (Phi) is 6.62. The smallest absolute Gasteiger partial charge is 0.387 e. The molecular formula is C23H22F2N6O3. The van der Waals surface area contributed by atoms with Crippen molar-refractivity contribution in [2.75, 3.05) is 23.3 Å². The highest BCUT2D eigenvalue weighted by Gasteiger charge is 2.29. The molecule has 0 unspecified atom stereocenters. The number of hydrogen-bond acceptors (Lipinski definition) is 7. The number of nitrogens with two attached hydrogens (primary N) is 1. The maximum Gasteiger partial charge on any atom is 0.387 e. The van der Waals surface area contributed by atoms with E-state index in [2.05, 4.69) is 25.0 Å². The first-order chi connectivity index (χ1) is 16.3. The van der Waals surface area contributed by atoms with E-state index >= 15 is 0 Å². The van der Waals surface area contributed by atoms with Crippen molar-refractivity contribution in [1.82, 2.24) is 15.0 Å². The number of alkyl halides is 2. The van der Waals surface area contributed by atoms with Crippen LogP contribution in [-0.4, -0.2) is 46.5 Å². The maximum absolute atomic E-state index is 12.8. The van der Waals surface area contributed by atoms with Gasteiger partial charge in [-0.05, 0) is 42.7 Å². The topological polar surface area (TPSA) is 123 Å². The molecule has 2 amide bonds. The summed E-state index contributed by atoms with van der Waals surface area (Å²) in [5.74, 6) is -0.535. The SMILES string of the molecule is Cc1ccc(C(=O)Nc2cc(OC(F)F)ccn2)cc1[C@@H]1CCN(c2nccnc2C(N)=O)C1. The van der Waals surface area contributed by atoms with Crippen LogP contribution in [0.3, 0.4) is 0 Å². The Balaban J connectivity index is 1.51. The lowest BCUT2D eigenvalue weighted by atomic mass is 9.92. The highest BCUT2D eigenvalue weighted by molar-refractivity contribution is 6.04. The summed E-state index contributed by atoms with van der Waals surface area (Å²) in [6.45, 7) is 0.223. The van der Waals surface area contributed by atoms with E-state index in [1.807, 2.05) is 24.0 Å². The summed E-state index contributed by atoms with van der Waals surface area (Å²) in [5.41, 5.74) is 7.97. The van der Waals surface area contributed by atoms with Crippen LogP contribution < -0.4 is 20.7 Å². The number of ether oxygens (including phenoxy) is 1. The summed E-state index contributed by atoms with van der Waals surface area (Å²) < 4.78 is 29.2. The van der Waals surface area contributed by atoms with Crippen molar-refractivity contribution >= 4 is 23.5 Å². The zero-order chi connectivity index (χ0) is 24.2. The molecule has 3 N–H and O–H groups in total. The molecule has 0 radical (unpaired) electrons. The molecule has 1 saturated heterocycles. The Morgan fingerprint density at radius 1 is 1.15 bits per heavy atom. The van der Waals surface area contributed by atoms with Crippen molar-refractivity contribution in [1.29, 1.82) is 0 Å². The third kappa shape index (κ3) is 5.08. The fraction of sp³-hybridized carbons (Fsp3) is 0.261. The van der Waals surface area contributed by atoms with Crippen LogP contribution in [0.4, 0.5) is 20.4 Å². The first-order valence-corrected chi connectivity index (χ1v) is 10.5. The minimum atomic E-state index is -2.97. The highest BCUT2D eigenvalue weighted by Crippen LogP contribution is 2.33. The molecule has 0 bridgehead atoms. The van der Waals surface area contributed by atoms with E-state index in [1.54, 1.807) is 6.07 Å². The van der Waals surface area contributed by atoms with Crippen LogP contribution in [-0.2, 0) is 0 Å². The number of nitrogens with one attached hydrogen (secondary N) is 1. The first-order valence-electron chi connectivity index (χ1n) is 10.5. The molecule has 1 atom stereocenters. The molecule has 1 aromatic carbocycles. The van der Waals surface area contributed by atoms with Crippen molar-refractivity contribution in [3.8, 4) is 5.75 Å². The molecule has 11 heteroatoms. The average Bonchev–Trinajstić information content (AvgIpc) is 3.29. The molecule has 1 aliphatic rings. The van der Waals surface area contributed by atoms with Crippen LogP contribution in [0.2, 0.25) is 0 Å². The Labute approximate surface area is 194 Å². The normalized spacial score (nSPS) is 15.4. The molecule has 0 saturated carbocycles. The van der Waals surface area contributed by atoms with Gasteiger partial charge < -0.3 is 20.7 Å². The maximum atomic E-state index is 12.8. The molecule has 34 heavy (non-hydrogen) atoms. The molecule has 1 aliphatic heterocycles. The van der Waals surface area contributed by atoms with Crippen LogP contribution in [0.25, 0.3) is 0 Å². The van der Waals surface area contributed by atoms with Crippen LogP contribution in [0.5, 0.6) is 5.75 Å². The number of primary amides is 1. The van der Waals surface area contributed by atoms with Crippen LogP contribution in [0, 0.1) is 6.92 Å². The van der Waals surface area contributed by atoms with Crippen LogP contribution in [0.15, 0.2) is 48.9 Å². The summed E-state index contributed by atoms with van der Waals surface area (Å²) in [6, 6.07) is 7.86. The van der Waals surface area contributed by atoms with Gasteiger partial charge in [-0.25, -0.2) is 15.0 Å². The van der Waals surface area contributed by atoms with E-state index in [9.17, 15) is 18.4 Å². The average molecular weight is 468 g/mol. The number of nitrogens with zero attached hydrogens (tertiary/aromatic N) is 4. The van der Waals surface area contributed by atoms with E-state index in [1.165, 1.54) is 30.7 Å². The van der Waals surface area contributed by atoms with Gasteiger partial charge in [0, 0.05) is 49.2 Å². The number of benzene rings is 1. The van der Waals surface area contributed by atoms with Gasteiger partial charge in [0.1, 0.15) is 11.6 Å². The lowest BCUT2D eigenvalue weighted by Crippen LogP contribution is -2.26. The van der Waals surface area contributed by atoms with Gasteiger partial charge in [0.15, 0.2) is 11.5 Å². The van der Waals surface area contributed by atoms with E-state index in [-0.39, 0.29) is 23.2 Å². The van der Waals surface area contributed by atoms with Gasteiger partial charge in [-0.3, -0.25) is 9.59 Å². The number of pyridine rings is 1. The largest absolute Gasteiger partial charge is 0.435 e. The summed E-state index contributed by atoms with van der Waals surface area (Å²) >= 11 is 0. The molecule has 0 aliphatic carbocycles. The third-order valence-electron chi connectivity index (χ3n) is 5.58. The molecule has 176 valence electrons. The van der Waals surface area contributed by atoms with E-state index in [4.69, 9.17) is 5.73 Å². The standard InChI is InChI=1S/C23H22F2N6O3/c1-13-2-3-14(22(33)30-18-11-16(4-6-27-18)34-23(24)25)10-17(13)15-5-9-31(12-15)21-19(20(26)32)28-7-8-29-21/h2-4,6-8,10-11,15,23H,5,9,12H2,1H3,(H2,26,32)(H,27,30,33)/t15-/m1/s1. The van der Waals surface area contributed by atoms with Gasteiger partial charge in [-0.1, -0.05) is 6.07 Å². The zero-order valence-corrected chi connectivity index (χ0v) is 18.2. The summed E-state index contributed by atoms with van der Waals surface area (Å²) in [7, 11) is 0. The molecule has 0 spiro atoms. The molecule has 1 fully saturated rings. The van der Waals surface area contributed by atoms with Crippen molar-refractivity contribution < 1.29 is 23.1 Å². The number of anilines is 2.